The van der Waals surface area contributed by atoms with E-state index in [0.29, 0.717) is 0 Å². The van der Waals surface area contributed by atoms with Crippen molar-refractivity contribution in [2.75, 3.05) is 0 Å². The minimum absolute atomic E-state index is 0.369. The molecule has 1 N–H and O–H groups in total. The molecule has 1 aromatic rings. The highest BCUT2D eigenvalue weighted by molar-refractivity contribution is 5.84. The fourth-order valence-corrected chi connectivity index (χ4v) is 0.735. The molecule has 0 saturated carbocycles. The third-order valence-electron chi connectivity index (χ3n) is 1.61. The summed E-state index contributed by atoms with van der Waals surface area (Å²) in [4.78, 5) is 17.1. The Kier molecular flexibility index (Phi) is 3.31. The summed E-state index contributed by atoms with van der Waals surface area (Å²) >= 11 is 0. The Morgan fingerprint density at radius 2 is 2.06 bits per heavy atom. The van der Waals surface area contributed by atoms with Gasteiger partial charge in [-0.25, -0.2) is 14.8 Å². The summed E-state index contributed by atoms with van der Waals surface area (Å²) in [6.07, 6.45) is -4.89. The number of carboxylic acid groups (broad SMARTS) is 1. The lowest BCUT2D eigenvalue weighted by atomic mass is 10.4. The molecule has 1 atom stereocenters. The van der Waals surface area contributed by atoms with Crippen molar-refractivity contribution in [2.45, 2.75) is 19.2 Å². The number of halogens is 3. The molecule has 0 aliphatic heterocycles. The lowest BCUT2D eigenvalue weighted by Gasteiger charge is -2.16. The smallest absolute Gasteiger partial charge is 0.425 e. The molecule has 1 rings (SSSR count). The van der Waals surface area contributed by atoms with Crippen LogP contribution < -0.4 is 4.74 Å². The van der Waals surface area contributed by atoms with Crippen LogP contribution in [0.2, 0.25) is 0 Å². The van der Waals surface area contributed by atoms with Crippen LogP contribution in [0, 0.1) is 0 Å². The minimum atomic E-state index is -4.51. The summed E-state index contributed by atoms with van der Waals surface area (Å²) in [5.74, 6) is -1.70. The second kappa shape index (κ2) is 4.33. The molecule has 5 nitrogen and oxygen atoms in total. The Morgan fingerprint density at radius 1 is 1.44 bits per heavy atom. The number of hydrogen-bond donors (Lipinski definition) is 1. The zero-order chi connectivity index (χ0) is 12.3. The van der Waals surface area contributed by atoms with E-state index in [9.17, 15) is 18.0 Å². The van der Waals surface area contributed by atoms with Gasteiger partial charge in [-0.05, 0) is 6.92 Å². The first-order valence-corrected chi connectivity index (χ1v) is 4.09. The lowest BCUT2D eigenvalue weighted by molar-refractivity contribution is -0.190. The Labute approximate surface area is 87.9 Å². The molecule has 8 heteroatoms. The van der Waals surface area contributed by atoms with Crippen LogP contribution in [0.3, 0.4) is 0 Å². The molecule has 0 spiro atoms. The molecular weight excluding hydrogens is 229 g/mol. The Hall–Kier alpha value is -1.86. The first-order valence-electron chi connectivity index (χ1n) is 4.09. The normalized spacial score (nSPS) is 13.2. The van der Waals surface area contributed by atoms with E-state index in [2.05, 4.69) is 14.7 Å². The predicted molar refractivity (Wildman–Crippen MR) is 45.1 cm³/mol. The van der Waals surface area contributed by atoms with E-state index >= 15 is 0 Å². The van der Waals surface area contributed by atoms with Crippen LogP contribution in [0.25, 0.3) is 0 Å². The second-order valence-electron chi connectivity index (χ2n) is 2.85. The van der Waals surface area contributed by atoms with Gasteiger partial charge in [0.1, 0.15) is 0 Å². The van der Waals surface area contributed by atoms with Crippen molar-refractivity contribution < 1.29 is 27.8 Å². The van der Waals surface area contributed by atoms with E-state index in [4.69, 9.17) is 5.11 Å². The highest BCUT2D eigenvalue weighted by atomic mass is 19.4. The first kappa shape index (κ1) is 12.2. The van der Waals surface area contributed by atoms with Gasteiger partial charge in [-0.1, -0.05) is 0 Å². The molecule has 1 heterocycles. The highest BCUT2D eigenvalue weighted by Gasteiger charge is 2.38. The molecule has 0 fully saturated rings. The number of aromatic nitrogens is 2. The molecule has 0 saturated heterocycles. The topological polar surface area (TPSA) is 72.3 Å². The maximum Gasteiger partial charge on any atom is 0.425 e. The maximum atomic E-state index is 12.1. The van der Waals surface area contributed by atoms with Crippen molar-refractivity contribution in [1.82, 2.24) is 9.97 Å². The van der Waals surface area contributed by atoms with Gasteiger partial charge in [-0.15, -0.1) is 0 Å². The van der Waals surface area contributed by atoms with Crippen LogP contribution in [0.1, 0.15) is 17.4 Å². The molecule has 16 heavy (non-hydrogen) atoms. The highest BCUT2D eigenvalue weighted by Crippen LogP contribution is 2.23. The van der Waals surface area contributed by atoms with Gasteiger partial charge in [0, 0.05) is 0 Å². The maximum absolute atomic E-state index is 12.1. The minimum Gasteiger partial charge on any atom is -0.476 e. The summed E-state index contributed by atoms with van der Waals surface area (Å²) in [7, 11) is 0. The number of hydrogen-bond acceptors (Lipinski definition) is 4. The van der Waals surface area contributed by atoms with E-state index in [1.165, 1.54) is 0 Å². The van der Waals surface area contributed by atoms with E-state index < -0.39 is 18.2 Å². The summed E-state index contributed by atoms with van der Waals surface area (Å²) in [5.41, 5.74) is -0.369. The summed E-state index contributed by atoms with van der Waals surface area (Å²) in [5, 5.41) is 8.46. The Balaban J connectivity index is 2.73. The van der Waals surface area contributed by atoms with Crippen molar-refractivity contribution in [3.05, 3.63) is 18.1 Å². The summed E-state index contributed by atoms with van der Waals surface area (Å²) in [6.45, 7) is 0.812. The number of nitrogens with zero attached hydrogens (tertiary/aromatic N) is 2. The largest absolute Gasteiger partial charge is 0.476 e. The van der Waals surface area contributed by atoms with Crippen LogP contribution in [-0.2, 0) is 0 Å². The third-order valence-corrected chi connectivity index (χ3v) is 1.61. The van der Waals surface area contributed by atoms with Crippen LogP contribution in [0.5, 0.6) is 5.88 Å². The Bertz CT molecular complexity index is 377. The standard InChI is InChI=1S/C8H7F3N2O3/c1-4(8(9,10)11)16-6-3-12-5(2-13-6)7(14)15/h2-4H,1H3,(H,14,15). The molecule has 1 unspecified atom stereocenters. The van der Waals surface area contributed by atoms with Gasteiger partial charge in [-0.3, -0.25) is 0 Å². The van der Waals surface area contributed by atoms with Crippen LogP contribution in [0.15, 0.2) is 12.4 Å². The first-order chi connectivity index (χ1) is 7.30. The fourth-order valence-electron chi connectivity index (χ4n) is 0.735. The van der Waals surface area contributed by atoms with Gasteiger partial charge in [0.2, 0.25) is 5.88 Å². The van der Waals surface area contributed by atoms with Gasteiger partial charge in [-0.2, -0.15) is 13.2 Å². The molecular formula is C8H7F3N2O3. The lowest BCUT2D eigenvalue weighted by Crippen LogP contribution is -2.31. The summed E-state index contributed by atoms with van der Waals surface area (Å²) < 4.78 is 40.6. The average Bonchev–Trinajstić information content (AvgIpc) is 2.17. The van der Waals surface area contributed by atoms with Crippen molar-refractivity contribution in [1.29, 1.82) is 0 Å². The summed E-state index contributed by atoms with van der Waals surface area (Å²) in [6, 6.07) is 0. The van der Waals surface area contributed by atoms with Gasteiger partial charge >= 0.3 is 12.1 Å². The predicted octanol–water partition coefficient (Wildman–Crippen LogP) is 1.50. The van der Waals surface area contributed by atoms with Crippen molar-refractivity contribution in [3.8, 4) is 5.88 Å². The van der Waals surface area contributed by atoms with Crippen LogP contribution >= 0.6 is 0 Å². The number of aromatic carboxylic acids is 1. The molecule has 0 aliphatic carbocycles. The molecule has 88 valence electrons. The quantitative estimate of drug-likeness (QED) is 0.860. The number of rotatable bonds is 3. The van der Waals surface area contributed by atoms with Crippen molar-refractivity contribution in [2.24, 2.45) is 0 Å². The number of ether oxygens (including phenoxy) is 1. The zero-order valence-corrected chi connectivity index (χ0v) is 8.02. The van der Waals surface area contributed by atoms with E-state index in [1.54, 1.807) is 0 Å². The van der Waals surface area contributed by atoms with Crippen LogP contribution in [0.4, 0.5) is 13.2 Å². The van der Waals surface area contributed by atoms with Gasteiger partial charge in [0.25, 0.3) is 0 Å². The molecule has 1 aromatic heterocycles. The molecule has 0 aliphatic rings. The van der Waals surface area contributed by atoms with Crippen LogP contribution in [-0.4, -0.2) is 33.3 Å². The molecule has 0 aromatic carbocycles. The van der Waals surface area contributed by atoms with Gasteiger partial charge < -0.3 is 9.84 Å². The average molecular weight is 236 g/mol. The Morgan fingerprint density at radius 3 is 2.44 bits per heavy atom. The fraction of sp³-hybridized carbons (Fsp3) is 0.375. The number of carbonyl (C=O) groups is 1. The molecule has 0 radical (unpaired) electrons. The number of alkyl halides is 3. The van der Waals surface area contributed by atoms with Gasteiger partial charge in [0.05, 0.1) is 12.4 Å². The monoisotopic (exact) mass is 236 g/mol. The van der Waals surface area contributed by atoms with Crippen molar-refractivity contribution in [3.63, 3.8) is 0 Å². The van der Waals surface area contributed by atoms with E-state index in [1.807, 2.05) is 0 Å². The SMILES string of the molecule is CC(Oc1cnc(C(=O)O)cn1)C(F)(F)F. The van der Waals surface area contributed by atoms with Crippen molar-refractivity contribution >= 4 is 5.97 Å². The third kappa shape index (κ3) is 3.07. The van der Waals surface area contributed by atoms with E-state index in [0.717, 1.165) is 19.3 Å². The molecule has 0 bridgehead atoms. The number of carboxylic acids is 1. The zero-order valence-electron chi connectivity index (χ0n) is 8.02. The molecule has 0 amide bonds. The van der Waals surface area contributed by atoms with E-state index in [-0.39, 0.29) is 11.6 Å². The van der Waals surface area contributed by atoms with Gasteiger partial charge in [0.15, 0.2) is 11.8 Å². The second-order valence-corrected chi connectivity index (χ2v) is 2.85.